The number of hydrogen-bond acceptors (Lipinski definition) is 9. The number of rotatable bonds is 7. The molecule has 0 aromatic carbocycles. The Morgan fingerprint density at radius 1 is 1.09 bits per heavy atom. The molecule has 0 amide bonds. The van der Waals surface area contributed by atoms with Gasteiger partial charge in [0.25, 0.3) is 0 Å². The minimum Gasteiger partial charge on any atom is -0.304 e. The normalized spacial score (nSPS) is 13.4. The Balaban J connectivity index is 2.80. The Labute approximate surface area is 60.5 Å². The summed E-state index contributed by atoms with van der Waals surface area (Å²) < 4.78 is 0. The van der Waals surface area contributed by atoms with Crippen molar-refractivity contribution in [1.82, 2.24) is 0 Å². The van der Waals surface area contributed by atoms with Crippen LogP contribution >= 0.6 is 0 Å². The van der Waals surface area contributed by atoms with E-state index in [0.29, 0.717) is 0 Å². The molecule has 0 heterocycles. The minimum absolute atomic E-state index is 0.700. The van der Waals surface area contributed by atoms with Gasteiger partial charge in [0.1, 0.15) is 6.23 Å². The van der Waals surface area contributed by atoms with Gasteiger partial charge in [-0.25, -0.2) is 5.26 Å². The molecule has 9 nitrogen and oxygen atoms in total. The first-order chi connectivity index (χ1) is 5.27. The van der Waals surface area contributed by atoms with Crippen LogP contribution in [0.1, 0.15) is 6.92 Å². The lowest BCUT2D eigenvalue weighted by Gasteiger charge is -2.01. The summed E-state index contributed by atoms with van der Waals surface area (Å²) in [5.41, 5.74) is 5.01. The lowest BCUT2D eigenvalue weighted by atomic mass is 10.7. The maximum absolute atomic E-state index is 7.44. The largest absolute Gasteiger partial charge is 0.304 e. The third kappa shape index (κ3) is 9.64. The predicted octanol–water partition coefficient (Wildman–Crippen LogP) is -0.630. The van der Waals surface area contributed by atoms with Crippen molar-refractivity contribution < 1.29 is 40.4 Å². The van der Waals surface area contributed by atoms with Gasteiger partial charge >= 0.3 is 0 Å². The molecule has 68 valence electrons. The maximum Gasteiger partial charge on any atom is 0.141 e. The fourth-order valence-electron chi connectivity index (χ4n) is 0.124. The lowest BCUT2D eigenvalue weighted by molar-refractivity contribution is -0.813. The van der Waals surface area contributed by atoms with Crippen LogP contribution in [0.4, 0.5) is 0 Å². The maximum atomic E-state index is 7.44. The molecule has 0 fully saturated rings. The molecule has 0 rings (SSSR count). The van der Waals surface area contributed by atoms with E-state index >= 15 is 0 Å². The van der Waals surface area contributed by atoms with E-state index in [1.165, 1.54) is 6.92 Å². The highest BCUT2D eigenvalue weighted by Gasteiger charge is 1.96. The van der Waals surface area contributed by atoms with Crippen LogP contribution in [-0.2, 0) is 35.1 Å². The van der Waals surface area contributed by atoms with Crippen LogP contribution in [0.3, 0.4) is 0 Å². The SMILES string of the molecule is CC(N)OOOOOOOO. The summed E-state index contributed by atoms with van der Waals surface area (Å²) in [4.78, 5) is 4.11. The molecule has 0 aliphatic rings. The Morgan fingerprint density at radius 2 is 1.64 bits per heavy atom. The molecule has 0 saturated heterocycles. The van der Waals surface area contributed by atoms with Crippen molar-refractivity contribution in [2.75, 3.05) is 0 Å². The summed E-state index contributed by atoms with van der Waals surface area (Å²) in [6, 6.07) is 0. The van der Waals surface area contributed by atoms with E-state index in [-0.39, 0.29) is 0 Å². The van der Waals surface area contributed by atoms with Crippen LogP contribution in [-0.4, -0.2) is 11.5 Å². The number of nitrogens with two attached hydrogens (primary N) is 1. The van der Waals surface area contributed by atoms with Gasteiger partial charge in [0.2, 0.25) is 0 Å². The van der Waals surface area contributed by atoms with E-state index < -0.39 is 6.23 Å². The second-order valence-corrected chi connectivity index (χ2v) is 1.22. The van der Waals surface area contributed by atoms with Gasteiger partial charge in [0.05, 0.1) is 0 Å². The van der Waals surface area contributed by atoms with Gasteiger partial charge < -0.3 is 5.73 Å². The van der Waals surface area contributed by atoms with Crippen LogP contribution in [0, 0.1) is 0 Å². The molecule has 0 aromatic heterocycles. The molecule has 0 aliphatic heterocycles. The van der Waals surface area contributed by atoms with E-state index in [4.69, 9.17) is 11.0 Å². The zero-order chi connectivity index (χ0) is 8.53. The molecule has 1 atom stereocenters. The quantitative estimate of drug-likeness (QED) is 0.225. The zero-order valence-corrected chi connectivity index (χ0v) is 5.46. The van der Waals surface area contributed by atoms with Crippen molar-refractivity contribution in [3.05, 3.63) is 0 Å². The summed E-state index contributed by atoms with van der Waals surface area (Å²) in [6.07, 6.45) is -0.700. The van der Waals surface area contributed by atoms with Crippen LogP contribution in [0.2, 0.25) is 0 Å². The molecule has 1 unspecified atom stereocenters. The highest BCUT2D eigenvalue weighted by molar-refractivity contribution is 4.20. The van der Waals surface area contributed by atoms with Crippen molar-refractivity contribution in [3.63, 3.8) is 0 Å². The van der Waals surface area contributed by atoms with E-state index in [9.17, 15) is 0 Å². The van der Waals surface area contributed by atoms with E-state index in [2.05, 4.69) is 35.1 Å². The Hall–Kier alpha value is -0.360. The Kier molecular flexibility index (Phi) is 7.49. The second kappa shape index (κ2) is 7.74. The fourth-order valence-corrected chi connectivity index (χ4v) is 0.124. The van der Waals surface area contributed by atoms with Gasteiger partial charge in [0, 0.05) is 0 Å². The molecular formula is C2H7NO8. The van der Waals surface area contributed by atoms with Gasteiger partial charge in [-0.3, -0.25) is 0 Å². The van der Waals surface area contributed by atoms with Crippen molar-refractivity contribution in [3.8, 4) is 0 Å². The summed E-state index contributed by atoms with van der Waals surface area (Å²) in [7, 11) is 0. The van der Waals surface area contributed by atoms with E-state index in [0.717, 1.165) is 0 Å². The highest BCUT2D eigenvalue weighted by Crippen LogP contribution is 1.88. The second-order valence-electron chi connectivity index (χ2n) is 1.22. The molecule has 11 heavy (non-hydrogen) atoms. The molecule has 0 aliphatic carbocycles. The number of hydrogen-bond donors (Lipinski definition) is 2. The molecular weight excluding hydrogens is 166 g/mol. The van der Waals surface area contributed by atoms with Crippen molar-refractivity contribution >= 4 is 0 Å². The van der Waals surface area contributed by atoms with Crippen LogP contribution in [0.5, 0.6) is 0 Å². The first-order valence-electron chi connectivity index (χ1n) is 2.33. The standard InChI is InChI=1S/C2H7NO8/c1-2(3)5-7-9-11-10-8-6-4/h2,4H,3H2,1H3. The third-order valence-electron chi connectivity index (χ3n) is 0.333. The lowest BCUT2D eigenvalue weighted by Crippen LogP contribution is -2.19. The minimum atomic E-state index is -0.700. The summed E-state index contributed by atoms with van der Waals surface area (Å²) in [5.74, 6) is 0. The average Bonchev–Trinajstić information content (AvgIpc) is 1.96. The molecule has 0 aromatic rings. The predicted molar refractivity (Wildman–Crippen MR) is 23.9 cm³/mol. The zero-order valence-electron chi connectivity index (χ0n) is 5.46. The van der Waals surface area contributed by atoms with Gasteiger partial charge in [0.15, 0.2) is 0 Å². The van der Waals surface area contributed by atoms with Crippen molar-refractivity contribution in [1.29, 1.82) is 0 Å². The monoisotopic (exact) mass is 173 g/mol. The topological polar surface area (TPSA) is 111 Å². The van der Waals surface area contributed by atoms with E-state index in [1.54, 1.807) is 0 Å². The molecule has 3 N–H and O–H groups in total. The first kappa shape index (κ1) is 10.6. The smallest absolute Gasteiger partial charge is 0.141 e. The summed E-state index contributed by atoms with van der Waals surface area (Å²) >= 11 is 0. The Morgan fingerprint density at radius 3 is 2.18 bits per heavy atom. The van der Waals surface area contributed by atoms with Crippen LogP contribution < -0.4 is 5.73 Å². The van der Waals surface area contributed by atoms with Gasteiger partial charge in [-0.05, 0) is 37.2 Å². The fraction of sp³-hybridized carbons (Fsp3) is 1.00. The summed E-state index contributed by atoms with van der Waals surface area (Å²) in [5, 5.41) is 27.9. The van der Waals surface area contributed by atoms with E-state index in [1.807, 2.05) is 0 Å². The van der Waals surface area contributed by atoms with Crippen LogP contribution in [0.25, 0.3) is 0 Å². The molecule has 0 saturated carbocycles. The van der Waals surface area contributed by atoms with Gasteiger partial charge in [-0.1, -0.05) is 0 Å². The summed E-state index contributed by atoms with van der Waals surface area (Å²) in [6.45, 7) is 1.47. The first-order valence-corrected chi connectivity index (χ1v) is 2.33. The average molecular weight is 173 g/mol. The van der Waals surface area contributed by atoms with Crippen molar-refractivity contribution in [2.24, 2.45) is 5.73 Å². The van der Waals surface area contributed by atoms with Crippen molar-refractivity contribution in [2.45, 2.75) is 13.2 Å². The highest BCUT2D eigenvalue weighted by atomic mass is 17.9. The Bertz CT molecular complexity index is 76.5. The molecule has 9 heteroatoms. The van der Waals surface area contributed by atoms with Gasteiger partial charge in [-0.2, -0.15) is 4.89 Å². The third-order valence-corrected chi connectivity index (χ3v) is 0.333. The molecule has 0 radical (unpaired) electrons. The molecule has 0 spiro atoms. The molecule has 0 bridgehead atoms. The van der Waals surface area contributed by atoms with Gasteiger partial charge in [-0.15, -0.1) is 0 Å². The van der Waals surface area contributed by atoms with Crippen LogP contribution in [0.15, 0.2) is 0 Å².